The summed E-state index contributed by atoms with van der Waals surface area (Å²) in [6.07, 6.45) is 1.91. The summed E-state index contributed by atoms with van der Waals surface area (Å²) in [5, 5.41) is 12.2. The molecule has 86 valence electrons. The van der Waals surface area contributed by atoms with Crippen LogP contribution in [-0.4, -0.2) is 17.1 Å². The van der Waals surface area contributed by atoms with Gasteiger partial charge in [0.1, 0.15) is 11.4 Å². The molecular weight excluding hydrogens is 209 g/mol. The Morgan fingerprint density at radius 2 is 2.12 bits per heavy atom. The van der Waals surface area contributed by atoms with Crippen molar-refractivity contribution in [2.45, 2.75) is 31.3 Å². The second kappa shape index (κ2) is 3.87. The molecule has 1 atom stereocenters. The van der Waals surface area contributed by atoms with E-state index in [0.717, 1.165) is 12.8 Å². The second-order valence-corrected chi connectivity index (χ2v) is 4.33. The topological polar surface area (TPSA) is 49.3 Å². The Kier molecular flexibility index (Phi) is 2.68. The third-order valence-corrected chi connectivity index (χ3v) is 2.91. The van der Waals surface area contributed by atoms with Crippen molar-refractivity contribution in [3.05, 3.63) is 35.6 Å². The Labute approximate surface area is 93.3 Å². The predicted molar refractivity (Wildman–Crippen MR) is 57.5 cm³/mol. The summed E-state index contributed by atoms with van der Waals surface area (Å²) in [7, 11) is 0. The lowest BCUT2D eigenvalue weighted by atomic mass is 9.91. The zero-order valence-electron chi connectivity index (χ0n) is 9.03. The van der Waals surface area contributed by atoms with Gasteiger partial charge in [0, 0.05) is 11.6 Å². The average Bonchev–Trinajstić information content (AvgIpc) is 3.01. The number of carbonyl (C=O) groups is 1. The first-order valence-corrected chi connectivity index (χ1v) is 5.30. The molecule has 2 rings (SSSR count). The van der Waals surface area contributed by atoms with Gasteiger partial charge < -0.3 is 5.11 Å². The van der Waals surface area contributed by atoms with Crippen LogP contribution in [0, 0.1) is 5.82 Å². The molecule has 3 nitrogen and oxygen atoms in total. The van der Waals surface area contributed by atoms with E-state index in [0.29, 0.717) is 0 Å². The monoisotopic (exact) mass is 223 g/mol. The minimum absolute atomic E-state index is 0.189. The molecule has 0 aromatic heterocycles. The van der Waals surface area contributed by atoms with Crippen LogP contribution in [-0.2, 0) is 10.3 Å². The van der Waals surface area contributed by atoms with Crippen LogP contribution in [0.1, 0.15) is 25.3 Å². The summed E-state index contributed by atoms with van der Waals surface area (Å²) in [6.45, 7) is 1.51. The fraction of sp³-hybridized carbons (Fsp3) is 0.417. The zero-order chi connectivity index (χ0) is 11.8. The number of carboxylic acid groups (broad SMARTS) is 1. The predicted octanol–water partition coefficient (Wildman–Crippen LogP) is 1.88. The lowest BCUT2D eigenvalue weighted by Crippen LogP contribution is -2.48. The highest BCUT2D eigenvalue weighted by molar-refractivity contribution is 5.80. The van der Waals surface area contributed by atoms with Crippen LogP contribution >= 0.6 is 0 Å². The van der Waals surface area contributed by atoms with E-state index < -0.39 is 17.3 Å². The van der Waals surface area contributed by atoms with Crippen molar-refractivity contribution >= 4 is 5.97 Å². The number of carboxylic acids is 1. The highest BCUT2D eigenvalue weighted by Gasteiger charge is 2.41. The molecule has 2 N–H and O–H groups in total. The van der Waals surface area contributed by atoms with Gasteiger partial charge in [-0.05, 0) is 25.8 Å². The summed E-state index contributed by atoms with van der Waals surface area (Å²) >= 11 is 0. The minimum atomic E-state index is -1.34. The van der Waals surface area contributed by atoms with E-state index in [2.05, 4.69) is 5.32 Å². The van der Waals surface area contributed by atoms with E-state index in [1.807, 2.05) is 0 Å². The Bertz CT molecular complexity index is 417. The number of rotatable bonds is 4. The number of halogens is 1. The van der Waals surface area contributed by atoms with Crippen LogP contribution in [0.15, 0.2) is 24.3 Å². The first-order valence-electron chi connectivity index (χ1n) is 5.30. The molecular formula is C12H14FNO2. The second-order valence-electron chi connectivity index (χ2n) is 4.33. The van der Waals surface area contributed by atoms with E-state index >= 15 is 0 Å². The number of nitrogens with one attached hydrogen (secondary N) is 1. The van der Waals surface area contributed by atoms with Gasteiger partial charge in [0.2, 0.25) is 0 Å². The molecule has 4 heteroatoms. The lowest BCUT2D eigenvalue weighted by Gasteiger charge is -2.27. The summed E-state index contributed by atoms with van der Waals surface area (Å²) in [5.41, 5.74) is -1.15. The van der Waals surface area contributed by atoms with Crippen LogP contribution in [0.3, 0.4) is 0 Å². The van der Waals surface area contributed by atoms with Crippen molar-refractivity contribution < 1.29 is 14.3 Å². The molecule has 1 aromatic rings. The quantitative estimate of drug-likeness (QED) is 0.819. The highest BCUT2D eigenvalue weighted by atomic mass is 19.1. The van der Waals surface area contributed by atoms with E-state index in [1.54, 1.807) is 12.1 Å². The van der Waals surface area contributed by atoms with Gasteiger partial charge >= 0.3 is 5.97 Å². The summed E-state index contributed by atoms with van der Waals surface area (Å²) in [4.78, 5) is 11.3. The van der Waals surface area contributed by atoms with E-state index in [9.17, 15) is 14.3 Å². The van der Waals surface area contributed by atoms with Crippen LogP contribution in [0.2, 0.25) is 0 Å². The standard InChI is InChI=1S/C12H14FNO2/c1-12(11(15)16,14-8-6-7-8)9-4-2-3-5-10(9)13/h2-5,8,14H,6-7H2,1H3,(H,15,16). The van der Waals surface area contributed by atoms with Crippen molar-refractivity contribution in [1.29, 1.82) is 0 Å². The molecule has 16 heavy (non-hydrogen) atoms. The minimum Gasteiger partial charge on any atom is -0.480 e. The fourth-order valence-corrected chi connectivity index (χ4v) is 1.76. The average molecular weight is 223 g/mol. The van der Waals surface area contributed by atoms with Gasteiger partial charge in [-0.2, -0.15) is 0 Å². The number of hydrogen-bond acceptors (Lipinski definition) is 2. The summed E-state index contributed by atoms with van der Waals surface area (Å²) < 4.78 is 13.6. The van der Waals surface area contributed by atoms with Gasteiger partial charge in [0.15, 0.2) is 0 Å². The third-order valence-electron chi connectivity index (χ3n) is 2.91. The van der Waals surface area contributed by atoms with Gasteiger partial charge in [-0.25, -0.2) is 9.18 Å². The van der Waals surface area contributed by atoms with Crippen LogP contribution in [0.25, 0.3) is 0 Å². The molecule has 1 fully saturated rings. The van der Waals surface area contributed by atoms with Gasteiger partial charge in [-0.3, -0.25) is 5.32 Å². The van der Waals surface area contributed by atoms with E-state index in [1.165, 1.54) is 19.1 Å². The lowest BCUT2D eigenvalue weighted by molar-refractivity contribution is -0.144. The number of benzene rings is 1. The molecule has 0 spiro atoms. The molecule has 1 aliphatic rings. The first kappa shape index (κ1) is 11.1. The SMILES string of the molecule is CC(NC1CC1)(C(=O)O)c1ccccc1F. The Morgan fingerprint density at radius 3 is 2.62 bits per heavy atom. The molecule has 0 bridgehead atoms. The molecule has 0 radical (unpaired) electrons. The molecule has 0 aliphatic heterocycles. The van der Waals surface area contributed by atoms with Crippen LogP contribution in [0.5, 0.6) is 0 Å². The molecule has 0 heterocycles. The van der Waals surface area contributed by atoms with Crippen LogP contribution in [0.4, 0.5) is 4.39 Å². The first-order chi connectivity index (χ1) is 7.54. The van der Waals surface area contributed by atoms with E-state index in [-0.39, 0.29) is 11.6 Å². The maximum atomic E-state index is 13.6. The smallest absolute Gasteiger partial charge is 0.328 e. The fourth-order valence-electron chi connectivity index (χ4n) is 1.76. The molecule has 1 aromatic carbocycles. The number of aliphatic carboxylic acids is 1. The zero-order valence-corrected chi connectivity index (χ0v) is 9.03. The molecule has 1 unspecified atom stereocenters. The molecule has 1 aliphatic carbocycles. The van der Waals surface area contributed by atoms with Crippen molar-refractivity contribution in [2.75, 3.05) is 0 Å². The van der Waals surface area contributed by atoms with E-state index in [4.69, 9.17) is 0 Å². The molecule has 0 saturated heterocycles. The van der Waals surface area contributed by atoms with Gasteiger partial charge in [0.05, 0.1) is 0 Å². The highest BCUT2D eigenvalue weighted by Crippen LogP contribution is 2.30. The maximum Gasteiger partial charge on any atom is 0.328 e. The molecule has 0 amide bonds. The van der Waals surface area contributed by atoms with Gasteiger partial charge in [0.25, 0.3) is 0 Å². The van der Waals surface area contributed by atoms with Crippen molar-refractivity contribution in [2.24, 2.45) is 0 Å². The van der Waals surface area contributed by atoms with Crippen molar-refractivity contribution in [3.8, 4) is 0 Å². The van der Waals surface area contributed by atoms with Gasteiger partial charge in [-0.15, -0.1) is 0 Å². The van der Waals surface area contributed by atoms with Crippen molar-refractivity contribution in [3.63, 3.8) is 0 Å². The maximum absolute atomic E-state index is 13.6. The number of hydrogen-bond donors (Lipinski definition) is 2. The Hall–Kier alpha value is -1.42. The third kappa shape index (κ3) is 1.93. The summed E-state index contributed by atoms with van der Waals surface area (Å²) in [5.74, 6) is -1.54. The molecule has 1 saturated carbocycles. The largest absolute Gasteiger partial charge is 0.480 e. The Balaban J connectivity index is 2.38. The summed E-state index contributed by atoms with van der Waals surface area (Å²) in [6, 6.07) is 6.19. The Morgan fingerprint density at radius 1 is 1.50 bits per heavy atom. The van der Waals surface area contributed by atoms with Crippen LogP contribution < -0.4 is 5.32 Å². The van der Waals surface area contributed by atoms with Gasteiger partial charge in [-0.1, -0.05) is 18.2 Å². The van der Waals surface area contributed by atoms with Crippen molar-refractivity contribution in [1.82, 2.24) is 5.32 Å². The normalized spacial score (nSPS) is 19.1.